The second-order valence-corrected chi connectivity index (χ2v) is 14.3. The number of piperidine rings is 1. The second-order valence-electron chi connectivity index (χ2n) is 12.8. The number of unbranched alkanes of at least 4 members (excludes halogenated alkanes) is 13. The number of fused-ring (bicyclic) bond motifs is 2. The molecular weight excluding hydrogens is 529 g/mol. The lowest BCUT2D eigenvalue weighted by Crippen LogP contribution is -2.54. The molecule has 2 heterocycles. The Labute approximate surface area is 245 Å². The molecule has 236 valence electrons. The highest BCUT2D eigenvalue weighted by molar-refractivity contribution is 7.47. The van der Waals surface area contributed by atoms with Gasteiger partial charge < -0.3 is 18.9 Å². The largest absolute Gasteiger partial charge is 0.472 e. The first-order valence-electron chi connectivity index (χ1n) is 16.3. The van der Waals surface area contributed by atoms with Crippen molar-refractivity contribution in [3.63, 3.8) is 0 Å². The molecule has 0 spiro atoms. The number of phosphoric ester groups is 1. The summed E-state index contributed by atoms with van der Waals surface area (Å²) < 4.78 is 35.1. The van der Waals surface area contributed by atoms with Crippen LogP contribution in [0.3, 0.4) is 0 Å². The van der Waals surface area contributed by atoms with Crippen molar-refractivity contribution in [2.24, 2.45) is 5.92 Å². The van der Waals surface area contributed by atoms with Gasteiger partial charge in [-0.1, -0.05) is 90.4 Å². The minimum atomic E-state index is -4.24. The lowest BCUT2D eigenvalue weighted by molar-refractivity contribution is -0.931. The molecule has 40 heavy (non-hydrogen) atoms. The fourth-order valence-electron chi connectivity index (χ4n) is 6.51. The van der Waals surface area contributed by atoms with Gasteiger partial charge in [0.15, 0.2) is 0 Å². The van der Waals surface area contributed by atoms with Gasteiger partial charge in [-0.15, -0.1) is 0 Å². The molecule has 2 aliphatic heterocycles. The van der Waals surface area contributed by atoms with Crippen LogP contribution in [0.4, 0.5) is 0 Å². The Morgan fingerprint density at radius 1 is 0.825 bits per heavy atom. The van der Waals surface area contributed by atoms with Gasteiger partial charge in [0, 0.05) is 39.2 Å². The van der Waals surface area contributed by atoms with Crippen molar-refractivity contribution in [2.75, 3.05) is 40.5 Å². The van der Waals surface area contributed by atoms with Crippen molar-refractivity contribution in [2.45, 2.75) is 148 Å². The molecule has 0 aromatic rings. The van der Waals surface area contributed by atoms with E-state index in [1.807, 2.05) is 0 Å². The number of hydrogen-bond acceptors (Lipinski definition) is 6. The minimum absolute atomic E-state index is 0.136. The highest BCUT2D eigenvalue weighted by atomic mass is 31.2. The SMILES string of the molecule is CCCCCCCCCCCCCCCCOCC(COP(=O)(O)OCC1CC2CCC(C1)[N+]2(C)C)OC(C)=O. The molecule has 0 radical (unpaired) electrons. The summed E-state index contributed by atoms with van der Waals surface area (Å²) in [7, 11) is 0.340. The number of quaternary nitrogens is 1. The molecule has 0 saturated carbocycles. The second kappa shape index (κ2) is 19.6. The summed E-state index contributed by atoms with van der Waals surface area (Å²) in [6.07, 6.45) is 21.9. The van der Waals surface area contributed by atoms with E-state index in [0.29, 0.717) is 18.7 Å². The molecule has 8 nitrogen and oxygen atoms in total. The Hall–Kier alpha value is -0.500. The molecule has 4 unspecified atom stereocenters. The first-order chi connectivity index (χ1) is 19.1. The maximum atomic E-state index is 12.5. The smallest absolute Gasteiger partial charge is 0.458 e. The molecule has 0 aromatic carbocycles. The van der Waals surface area contributed by atoms with Gasteiger partial charge in [0.2, 0.25) is 0 Å². The van der Waals surface area contributed by atoms with Crippen molar-refractivity contribution in [3.05, 3.63) is 0 Å². The van der Waals surface area contributed by atoms with Crippen LogP contribution < -0.4 is 0 Å². The number of carbonyl (C=O) groups excluding carboxylic acids is 1. The van der Waals surface area contributed by atoms with Crippen LogP contribution in [0.5, 0.6) is 0 Å². The van der Waals surface area contributed by atoms with Crippen molar-refractivity contribution in [1.82, 2.24) is 0 Å². The molecule has 2 rings (SSSR count). The van der Waals surface area contributed by atoms with Crippen LogP contribution in [0.1, 0.15) is 129 Å². The highest BCUT2D eigenvalue weighted by Crippen LogP contribution is 2.47. The average Bonchev–Trinajstić information content (AvgIpc) is 3.05. The predicted molar refractivity (Wildman–Crippen MR) is 160 cm³/mol. The maximum Gasteiger partial charge on any atom is 0.472 e. The van der Waals surface area contributed by atoms with E-state index in [1.54, 1.807) is 0 Å². The van der Waals surface area contributed by atoms with Crippen molar-refractivity contribution in [1.29, 1.82) is 0 Å². The zero-order chi connectivity index (χ0) is 29.3. The number of esters is 1. The van der Waals surface area contributed by atoms with Gasteiger partial charge in [-0.3, -0.25) is 13.8 Å². The first-order valence-corrected chi connectivity index (χ1v) is 17.8. The lowest BCUT2D eigenvalue weighted by atomic mass is 9.90. The van der Waals surface area contributed by atoms with Crippen molar-refractivity contribution >= 4 is 13.8 Å². The number of nitrogens with zero attached hydrogens (tertiary/aromatic N) is 1. The third-order valence-corrected chi connectivity index (χ3v) is 10.1. The van der Waals surface area contributed by atoms with Gasteiger partial charge in [0.1, 0.15) is 6.10 Å². The number of rotatable bonds is 24. The molecule has 2 aliphatic rings. The zero-order valence-electron chi connectivity index (χ0n) is 26.2. The van der Waals surface area contributed by atoms with Gasteiger partial charge in [-0.25, -0.2) is 4.57 Å². The number of phosphoric acid groups is 1. The standard InChI is InChI=1S/C31H60NO7P/c1-5-6-7-8-9-10-11-12-13-14-15-16-17-18-21-36-25-31(39-27(2)33)26-38-40(34,35)37-24-28-22-29-19-20-30(23-28)32(29,3)4/h28-31H,5-26H2,1-4H3/p+1. The zero-order valence-corrected chi connectivity index (χ0v) is 27.1. The minimum Gasteiger partial charge on any atom is -0.458 e. The fourth-order valence-corrected chi connectivity index (χ4v) is 7.34. The van der Waals surface area contributed by atoms with Crippen molar-refractivity contribution < 1.29 is 37.3 Å². The summed E-state index contributed by atoms with van der Waals surface area (Å²) >= 11 is 0. The third kappa shape index (κ3) is 14.6. The Bertz CT molecular complexity index is 718. The van der Waals surface area contributed by atoms with Crippen LogP contribution in [0, 0.1) is 5.92 Å². The van der Waals surface area contributed by atoms with E-state index in [4.69, 9.17) is 18.5 Å². The molecule has 0 aromatic heterocycles. The molecule has 0 aliphatic carbocycles. The third-order valence-electron chi connectivity index (χ3n) is 9.10. The van der Waals surface area contributed by atoms with E-state index in [0.717, 1.165) is 30.2 Å². The quantitative estimate of drug-likeness (QED) is 0.0537. The van der Waals surface area contributed by atoms with Crippen LogP contribution in [-0.4, -0.2) is 74.1 Å². The molecule has 0 amide bonds. The van der Waals surface area contributed by atoms with E-state index in [-0.39, 0.29) is 25.7 Å². The van der Waals surface area contributed by atoms with E-state index >= 15 is 0 Å². The Morgan fingerprint density at radius 2 is 1.32 bits per heavy atom. The summed E-state index contributed by atoms with van der Waals surface area (Å²) in [5.41, 5.74) is 0. The number of ether oxygens (including phenoxy) is 2. The Morgan fingerprint density at radius 3 is 1.82 bits per heavy atom. The van der Waals surface area contributed by atoms with E-state index < -0.39 is 19.9 Å². The van der Waals surface area contributed by atoms with Crippen LogP contribution in [0.15, 0.2) is 0 Å². The summed E-state index contributed by atoms with van der Waals surface area (Å²) in [6.45, 7) is 4.27. The molecule has 1 N–H and O–H groups in total. The van der Waals surface area contributed by atoms with Crippen LogP contribution >= 0.6 is 7.82 Å². The Kier molecular flexibility index (Phi) is 17.5. The van der Waals surface area contributed by atoms with E-state index in [2.05, 4.69) is 21.0 Å². The molecule has 9 heteroatoms. The van der Waals surface area contributed by atoms with Gasteiger partial charge in [0.25, 0.3) is 0 Å². The summed E-state index contributed by atoms with van der Waals surface area (Å²) in [5.74, 6) is -0.203. The Balaban J connectivity index is 1.49. The number of hydrogen-bond donors (Lipinski definition) is 1. The van der Waals surface area contributed by atoms with E-state index in [1.165, 1.54) is 96.8 Å². The topological polar surface area (TPSA) is 91.3 Å². The fraction of sp³-hybridized carbons (Fsp3) is 0.968. The maximum absolute atomic E-state index is 12.5. The molecule has 2 fully saturated rings. The first kappa shape index (κ1) is 35.7. The van der Waals surface area contributed by atoms with Gasteiger partial charge in [-0.05, 0) is 12.3 Å². The highest BCUT2D eigenvalue weighted by Gasteiger charge is 2.49. The van der Waals surface area contributed by atoms with Gasteiger partial charge >= 0.3 is 13.8 Å². The molecular formula is C31H61NO7P+. The van der Waals surface area contributed by atoms with E-state index in [9.17, 15) is 14.3 Å². The number of carbonyl (C=O) groups is 1. The lowest BCUT2D eigenvalue weighted by Gasteiger charge is -2.44. The average molecular weight is 591 g/mol. The van der Waals surface area contributed by atoms with Crippen LogP contribution in [0.25, 0.3) is 0 Å². The summed E-state index contributed by atoms with van der Waals surface area (Å²) in [5, 5.41) is 0. The van der Waals surface area contributed by atoms with Crippen LogP contribution in [0.2, 0.25) is 0 Å². The molecule has 2 bridgehead atoms. The van der Waals surface area contributed by atoms with Gasteiger partial charge in [-0.2, -0.15) is 0 Å². The van der Waals surface area contributed by atoms with Gasteiger partial charge in [0.05, 0.1) is 46.0 Å². The normalized spacial score (nSPS) is 24.1. The predicted octanol–water partition coefficient (Wildman–Crippen LogP) is 7.57. The monoisotopic (exact) mass is 590 g/mol. The van der Waals surface area contributed by atoms with Crippen LogP contribution in [-0.2, 0) is 27.9 Å². The van der Waals surface area contributed by atoms with Crippen molar-refractivity contribution in [3.8, 4) is 0 Å². The summed E-state index contributed by atoms with van der Waals surface area (Å²) in [6, 6.07) is 1.19. The molecule has 4 atom stereocenters. The molecule has 2 saturated heterocycles. The summed E-state index contributed by atoms with van der Waals surface area (Å²) in [4.78, 5) is 21.7.